The molecule has 1 aliphatic heterocycles. The lowest BCUT2D eigenvalue weighted by Gasteiger charge is -2.27. The van der Waals surface area contributed by atoms with Crippen LogP contribution < -0.4 is 30.4 Å². The van der Waals surface area contributed by atoms with E-state index in [0.29, 0.717) is 5.88 Å². The van der Waals surface area contributed by atoms with Crippen LogP contribution in [0, 0.1) is 0 Å². The zero-order valence-electron chi connectivity index (χ0n) is 18.1. The van der Waals surface area contributed by atoms with Gasteiger partial charge in [-0.3, -0.25) is 0 Å². The highest BCUT2D eigenvalue weighted by Crippen LogP contribution is 2.28. The molecule has 3 heterocycles. The summed E-state index contributed by atoms with van der Waals surface area (Å²) in [5.41, 5.74) is 4.50. The van der Waals surface area contributed by atoms with E-state index < -0.39 is 0 Å². The molecule has 0 unspecified atom stereocenters. The van der Waals surface area contributed by atoms with Crippen LogP contribution in [0.15, 0.2) is 110 Å². The first-order valence-electron chi connectivity index (χ1n) is 10.9. The normalized spacial score (nSPS) is 12.0. The molecule has 0 amide bonds. The van der Waals surface area contributed by atoms with Crippen molar-refractivity contribution in [2.75, 3.05) is 0 Å². The number of hydrogen-bond acceptors (Lipinski definition) is 3. The highest BCUT2D eigenvalue weighted by atomic mass is 16.5. The van der Waals surface area contributed by atoms with E-state index in [0.717, 1.165) is 33.9 Å². The van der Waals surface area contributed by atoms with Gasteiger partial charge in [-0.05, 0) is 53.4 Å². The fraction of sp³-hybridized carbons (Fsp3) is 0.0370. The third-order valence-electron chi connectivity index (χ3n) is 5.87. The number of para-hydroxylation sites is 1. The smallest absolute Gasteiger partial charge is 0.251 e. The molecule has 33 heavy (non-hydrogen) atoms. The van der Waals surface area contributed by atoms with Crippen LogP contribution in [0.4, 0.5) is 0 Å². The van der Waals surface area contributed by atoms with E-state index in [2.05, 4.69) is 64.5 Å². The molecule has 1 aliphatic rings. The van der Waals surface area contributed by atoms with Crippen LogP contribution in [0.1, 0.15) is 0 Å². The van der Waals surface area contributed by atoms with Crippen molar-refractivity contribution < 1.29 is 14.0 Å². The lowest BCUT2D eigenvalue weighted by molar-refractivity contribution is -0.670. The van der Waals surface area contributed by atoms with E-state index in [1.54, 1.807) is 6.20 Å². The van der Waals surface area contributed by atoms with Crippen molar-refractivity contribution in [3.8, 4) is 28.8 Å². The predicted octanol–water partition coefficient (Wildman–Crippen LogP) is 3.11. The minimum atomic E-state index is 0.0153. The van der Waals surface area contributed by atoms with Gasteiger partial charge in [-0.2, -0.15) is 0 Å². The Labute approximate surface area is 192 Å². The van der Waals surface area contributed by atoms with Crippen molar-refractivity contribution in [3.05, 3.63) is 110 Å². The second-order valence-electron chi connectivity index (χ2n) is 8.12. The number of fused-ring (bicyclic) bond motifs is 2. The zero-order chi connectivity index (χ0) is 22.2. The molecule has 6 rings (SSSR count). The number of aromatic nitrogens is 3. The van der Waals surface area contributed by atoms with E-state index >= 15 is 0 Å². The molecule has 2 aromatic heterocycles. The highest BCUT2D eigenvalue weighted by Gasteiger charge is 2.33. The number of pyridine rings is 1. The molecule has 158 valence electrons. The van der Waals surface area contributed by atoms with Gasteiger partial charge in [0, 0.05) is 12.3 Å². The van der Waals surface area contributed by atoms with Gasteiger partial charge in [-0.1, -0.05) is 41.9 Å². The SMILES string of the molecule is C[n+]1ccn(-c2cccc(B3c4ccccc4Oc4ccc(Oc5ccccn5)cc43)c2)c1. The highest BCUT2D eigenvalue weighted by molar-refractivity contribution is 6.97. The maximum Gasteiger partial charge on any atom is 0.251 e. The van der Waals surface area contributed by atoms with Gasteiger partial charge < -0.3 is 9.47 Å². The van der Waals surface area contributed by atoms with E-state index in [9.17, 15) is 0 Å². The largest absolute Gasteiger partial charge is 0.458 e. The molecule has 0 saturated carbocycles. The molecule has 0 spiro atoms. The van der Waals surface area contributed by atoms with Crippen molar-refractivity contribution in [3.63, 3.8) is 0 Å². The molecule has 6 heteroatoms. The molecular formula is C27H21BN3O2+. The number of hydrogen-bond donors (Lipinski definition) is 0. The Morgan fingerprint density at radius 3 is 2.61 bits per heavy atom. The molecule has 5 nitrogen and oxygen atoms in total. The first-order chi connectivity index (χ1) is 16.2. The van der Waals surface area contributed by atoms with Crippen molar-refractivity contribution in [1.29, 1.82) is 0 Å². The lowest BCUT2D eigenvalue weighted by atomic mass is 9.36. The standard InChI is InChI=1S/C27H21BN3O2/c1-30-15-16-31(19-30)21-8-6-7-20(17-21)28-23-9-2-3-10-25(23)33-26-13-12-22(18-24(26)28)32-27-11-4-5-14-29-27/h2-19H,1H3/q+1. The monoisotopic (exact) mass is 430 g/mol. The van der Waals surface area contributed by atoms with Gasteiger partial charge in [-0.25, -0.2) is 14.1 Å². The van der Waals surface area contributed by atoms with Gasteiger partial charge in [0.25, 0.3) is 6.71 Å². The van der Waals surface area contributed by atoms with Gasteiger partial charge in [0.2, 0.25) is 12.2 Å². The summed E-state index contributed by atoms with van der Waals surface area (Å²) in [7, 11) is 2.02. The quantitative estimate of drug-likeness (QED) is 0.319. The van der Waals surface area contributed by atoms with Crippen LogP contribution in [0.5, 0.6) is 23.1 Å². The Hall–Kier alpha value is -4.32. The maximum atomic E-state index is 6.27. The minimum absolute atomic E-state index is 0.0153. The number of aryl methyl sites for hydroxylation is 1. The number of nitrogens with zero attached hydrogens (tertiary/aromatic N) is 3. The summed E-state index contributed by atoms with van der Waals surface area (Å²) in [6.07, 6.45) is 7.88. The first-order valence-corrected chi connectivity index (χ1v) is 10.9. The summed E-state index contributed by atoms with van der Waals surface area (Å²) in [6, 6.07) is 28.5. The van der Waals surface area contributed by atoms with Crippen LogP contribution >= 0.6 is 0 Å². The average molecular weight is 430 g/mol. The molecule has 0 radical (unpaired) electrons. The van der Waals surface area contributed by atoms with E-state index in [1.807, 2.05) is 60.3 Å². The minimum Gasteiger partial charge on any atom is -0.458 e. The van der Waals surface area contributed by atoms with Gasteiger partial charge in [0.15, 0.2) is 0 Å². The van der Waals surface area contributed by atoms with E-state index in [4.69, 9.17) is 9.47 Å². The second-order valence-corrected chi connectivity index (χ2v) is 8.12. The van der Waals surface area contributed by atoms with Crippen LogP contribution in [0.3, 0.4) is 0 Å². The summed E-state index contributed by atoms with van der Waals surface area (Å²) in [6.45, 7) is 0.0153. The number of benzene rings is 3. The van der Waals surface area contributed by atoms with Crippen molar-refractivity contribution in [2.24, 2.45) is 7.05 Å². The Kier molecular flexibility index (Phi) is 4.69. The third kappa shape index (κ3) is 3.66. The molecule has 5 aromatic rings. The molecule has 0 N–H and O–H groups in total. The summed E-state index contributed by atoms with van der Waals surface area (Å²) < 4.78 is 16.5. The Morgan fingerprint density at radius 1 is 0.879 bits per heavy atom. The van der Waals surface area contributed by atoms with Crippen LogP contribution in [0.25, 0.3) is 5.69 Å². The topological polar surface area (TPSA) is 40.2 Å². The molecular weight excluding hydrogens is 409 g/mol. The van der Waals surface area contributed by atoms with Crippen LogP contribution in [0.2, 0.25) is 0 Å². The third-order valence-corrected chi connectivity index (χ3v) is 5.87. The Bertz CT molecular complexity index is 1450. The fourth-order valence-corrected chi connectivity index (χ4v) is 4.36. The lowest BCUT2D eigenvalue weighted by Crippen LogP contribution is -2.54. The molecule has 0 saturated heterocycles. The van der Waals surface area contributed by atoms with Crippen LogP contribution in [-0.2, 0) is 7.05 Å². The van der Waals surface area contributed by atoms with E-state index in [1.165, 1.54) is 5.46 Å². The molecule has 0 atom stereocenters. The van der Waals surface area contributed by atoms with Gasteiger partial charge in [-0.15, -0.1) is 0 Å². The second kappa shape index (κ2) is 7.99. The fourth-order valence-electron chi connectivity index (χ4n) is 4.36. The number of imidazole rings is 1. The Morgan fingerprint density at radius 2 is 1.76 bits per heavy atom. The van der Waals surface area contributed by atoms with Crippen molar-refractivity contribution >= 4 is 23.1 Å². The van der Waals surface area contributed by atoms with Crippen LogP contribution in [-0.4, -0.2) is 16.3 Å². The van der Waals surface area contributed by atoms with Crippen molar-refractivity contribution in [2.45, 2.75) is 0 Å². The number of rotatable bonds is 4. The molecule has 0 aliphatic carbocycles. The van der Waals surface area contributed by atoms with Gasteiger partial charge in [0.05, 0.1) is 7.05 Å². The molecule has 0 bridgehead atoms. The summed E-state index contributed by atoms with van der Waals surface area (Å²) in [5.74, 6) is 3.01. The Balaban J connectivity index is 1.47. The summed E-state index contributed by atoms with van der Waals surface area (Å²) in [4.78, 5) is 4.29. The van der Waals surface area contributed by atoms with Gasteiger partial charge in [0.1, 0.15) is 35.3 Å². The zero-order valence-corrected chi connectivity index (χ0v) is 18.1. The van der Waals surface area contributed by atoms with Crippen molar-refractivity contribution in [1.82, 2.24) is 9.55 Å². The van der Waals surface area contributed by atoms with Gasteiger partial charge >= 0.3 is 0 Å². The molecule has 0 fully saturated rings. The first kappa shape index (κ1) is 19.4. The maximum absolute atomic E-state index is 6.27. The predicted molar refractivity (Wildman–Crippen MR) is 129 cm³/mol. The van der Waals surface area contributed by atoms with E-state index in [-0.39, 0.29) is 6.71 Å². The summed E-state index contributed by atoms with van der Waals surface area (Å²) >= 11 is 0. The molecule has 3 aromatic carbocycles. The number of ether oxygens (including phenoxy) is 2. The summed E-state index contributed by atoms with van der Waals surface area (Å²) in [5, 5.41) is 0. The average Bonchev–Trinajstić information content (AvgIpc) is 3.30.